The zero-order valence-electron chi connectivity index (χ0n) is 11.2. The zero-order chi connectivity index (χ0) is 13.5. The van der Waals surface area contributed by atoms with E-state index in [1.807, 2.05) is 6.07 Å². The molecule has 0 saturated heterocycles. The second-order valence-corrected chi connectivity index (χ2v) is 6.03. The average molecular weight is 286 g/mol. The summed E-state index contributed by atoms with van der Waals surface area (Å²) in [7, 11) is 0. The quantitative estimate of drug-likeness (QED) is 0.537. The van der Waals surface area contributed by atoms with Gasteiger partial charge in [-0.25, -0.2) is 4.98 Å². The van der Waals surface area contributed by atoms with Crippen LogP contribution in [0.15, 0.2) is 34.9 Å². The van der Waals surface area contributed by atoms with E-state index in [4.69, 9.17) is 16.0 Å². The molecule has 1 aliphatic carbocycles. The lowest BCUT2D eigenvalue weighted by atomic mass is 9.84. The van der Waals surface area contributed by atoms with Gasteiger partial charge in [0, 0.05) is 11.6 Å². The lowest BCUT2D eigenvalue weighted by molar-refractivity contribution is 0.444. The highest BCUT2D eigenvalue weighted by Gasteiger charge is 2.18. The molecule has 0 amide bonds. The van der Waals surface area contributed by atoms with E-state index >= 15 is 0 Å². The molecule has 102 valence electrons. The van der Waals surface area contributed by atoms with E-state index < -0.39 is 0 Å². The Bertz CT molecular complexity index is 771. The highest BCUT2D eigenvalue weighted by molar-refractivity contribution is 6.36. The third kappa shape index (κ3) is 1.90. The fraction of sp³-hybridized carbons (Fsp3) is 0.353. The molecule has 2 aromatic heterocycles. The van der Waals surface area contributed by atoms with Gasteiger partial charge in [-0.15, -0.1) is 0 Å². The molecule has 1 aromatic carbocycles. The predicted octanol–water partition coefficient (Wildman–Crippen LogP) is 5.68. The SMILES string of the molecule is Clc1nccc2oc3ccc(C4CCCCC4)cc3c12. The van der Waals surface area contributed by atoms with Crippen molar-refractivity contribution in [2.45, 2.75) is 38.0 Å². The third-order valence-corrected chi connectivity index (χ3v) is 4.72. The normalized spacial score (nSPS) is 17.1. The van der Waals surface area contributed by atoms with Gasteiger partial charge in [0.05, 0.1) is 5.39 Å². The van der Waals surface area contributed by atoms with Gasteiger partial charge in [0.25, 0.3) is 0 Å². The molecule has 20 heavy (non-hydrogen) atoms. The Labute approximate surface area is 122 Å². The number of rotatable bonds is 1. The van der Waals surface area contributed by atoms with Crippen molar-refractivity contribution < 1.29 is 4.42 Å². The summed E-state index contributed by atoms with van der Waals surface area (Å²) < 4.78 is 5.85. The van der Waals surface area contributed by atoms with Crippen LogP contribution in [0.4, 0.5) is 0 Å². The molecule has 0 unspecified atom stereocenters. The number of hydrogen-bond acceptors (Lipinski definition) is 2. The van der Waals surface area contributed by atoms with Gasteiger partial charge < -0.3 is 4.42 Å². The molecular weight excluding hydrogens is 270 g/mol. The van der Waals surface area contributed by atoms with Gasteiger partial charge in [0.1, 0.15) is 16.3 Å². The first-order valence-corrected chi connectivity index (χ1v) is 7.67. The number of furan rings is 1. The molecule has 0 atom stereocenters. The van der Waals surface area contributed by atoms with Gasteiger partial charge in [-0.3, -0.25) is 0 Å². The fourth-order valence-corrected chi connectivity index (χ4v) is 3.64. The van der Waals surface area contributed by atoms with Gasteiger partial charge in [-0.2, -0.15) is 0 Å². The maximum Gasteiger partial charge on any atom is 0.140 e. The minimum atomic E-state index is 0.530. The van der Waals surface area contributed by atoms with Crippen LogP contribution in [0.1, 0.15) is 43.6 Å². The van der Waals surface area contributed by atoms with Gasteiger partial charge in [-0.05, 0) is 42.5 Å². The second-order valence-electron chi connectivity index (χ2n) is 5.67. The van der Waals surface area contributed by atoms with E-state index in [1.54, 1.807) is 6.20 Å². The molecule has 2 nitrogen and oxygen atoms in total. The van der Waals surface area contributed by atoms with Crippen LogP contribution in [-0.4, -0.2) is 4.98 Å². The van der Waals surface area contributed by atoms with Gasteiger partial charge in [0.2, 0.25) is 0 Å². The summed E-state index contributed by atoms with van der Waals surface area (Å²) in [4.78, 5) is 4.18. The number of hydrogen-bond donors (Lipinski definition) is 0. The van der Waals surface area contributed by atoms with Gasteiger partial charge >= 0.3 is 0 Å². The van der Waals surface area contributed by atoms with E-state index in [0.29, 0.717) is 11.1 Å². The van der Waals surface area contributed by atoms with Crippen molar-refractivity contribution in [3.63, 3.8) is 0 Å². The Morgan fingerprint density at radius 1 is 1.05 bits per heavy atom. The molecule has 2 heterocycles. The maximum atomic E-state index is 6.24. The van der Waals surface area contributed by atoms with E-state index in [2.05, 4.69) is 23.2 Å². The fourth-order valence-electron chi connectivity index (χ4n) is 3.39. The Hall–Kier alpha value is -1.54. The van der Waals surface area contributed by atoms with Crippen LogP contribution in [0.25, 0.3) is 21.9 Å². The molecule has 3 aromatic rings. The Morgan fingerprint density at radius 2 is 1.90 bits per heavy atom. The Morgan fingerprint density at radius 3 is 2.75 bits per heavy atom. The topological polar surface area (TPSA) is 26.0 Å². The number of benzene rings is 1. The van der Waals surface area contributed by atoms with Gasteiger partial charge in [-0.1, -0.05) is 36.9 Å². The lowest BCUT2D eigenvalue weighted by Gasteiger charge is -2.21. The molecule has 0 bridgehead atoms. The van der Waals surface area contributed by atoms with Crippen molar-refractivity contribution in [1.82, 2.24) is 4.98 Å². The standard InChI is InChI=1S/C17H16ClNO/c18-17-16-13-10-12(11-4-2-1-3-5-11)6-7-14(13)20-15(16)8-9-19-17/h6-11H,1-5H2. The minimum absolute atomic E-state index is 0.530. The summed E-state index contributed by atoms with van der Waals surface area (Å²) in [5.41, 5.74) is 3.13. The van der Waals surface area contributed by atoms with Crippen LogP contribution < -0.4 is 0 Å². The molecule has 0 aliphatic heterocycles. The van der Waals surface area contributed by atoms with Crippen LogP contribution in [0, 0.1) is 0 Å². The van der Waals surface area contributed by atoms with Crippen LogP contribution in [0.2, 0.25) is 5.15 Å². The Balaban J connectivity index is 1.91. The summed E-state index contributed by atoms with van der Waals surface area (Å²) in [6.07, 6.45) is 8.35. The highest BCUT2D eigenvalue weighted by atomic mass is 35.5. The molecule has 3 heteroatoms. The summed E-state index contributed by atoms with van der Waals surface area (Å²) in [6, 6.07) is 8.42. The summed E-state index contributed by atoms with van der Waals surface area (Å²) in [5.74, 6) is 0.688. The Kier molecular flexibility index (Phi) is 2.92. The number of halogens is 1. The van der Waals surface area contributed by atoms with Crippen LogP contribution in [-0.2, 0) is 0 Å². The molecule has 4 rings (SSSR count). The number of aromatic nitrogens is 1. The van der Waals surface area contributed by atoms with E-state index in [-0.39, 0.29) is 0 Å². The van der Waals surface area contributed by atoms with Crippen LogP contribution in [0.3, 0.4) is 0 Å². The van der Waals surface area contributed by atoms with Crippen molar-refractivity contribution in [1.29, 1.82) is 0 Å². The molecule has 1 fully saturated rings. The summed E-state index contributed by atoms with van der Waals surface area (Å²) in [5, 5.41) is 2.57. The van der Waals surface area contributed by atoms with E-state index in [1.165, 1.54) is 37.7 Å². The molecule has 1 aliphatic rings. The first kappa shape index (κ1) is 12.2. The van der Waals surface area contributed by atoms with E-state index in [0.717, 1.165) is 21.9 Å². The molecule has 0 N–H and O–H groups in total. The molecule has 1 saturated carbocycles. The van der Waals surface area contributed by atoms with Crippen LogP contribution >= 0.6 is 11.6 Å². The highest BCUT2D eigenvalue weighted by Crippen LogP contribution is 2.37. The summed E-state index contributed by atoms with van der Waals surface area (Å²) >= 11 is 6.24. The second kappa shape index (κ2) is 4.78. The maximum absolute atomic E-state index is 6.24. The van der Waals surface area contributed by atoms with Crippen molar-refractivity contribution in [3.05, 3.63) is 41.2 Å². The first-order valence-electron chi connectivity index (χ1n) is 7.29. The van der Waals surface area contributed by atoms with Crippen LogP contribution in [0.5, 0.6) is 0 Å². The minimum Gasteiger partial charge on any atom is -0.456 e. The zero-order valence-corrected chi connectivity index (χ0v) is 12.0. The number of fused-ring (bicyclic) bond motifs is 3. The van der Waals surface area contributed by atoms with Crippen molar-refractivity contribution in [2.24, 2.45) is 0 Å². The van der Waals surface area contributed by atoms with E-state index in [9.17, 15) is 0 Å². The lowest BCUT2D eigenvalue weighted by Crippen LogP contribution is -2.04. The third-order valence-electron chi connectivity index (χ3n) is 4.44. The van der Waals surface area contributed by atoms with Crippen molar-refractivity contribution in [2.75, 3.05) is 0 Å². The molecule has 0 spiro atoms. The monoisotopic (exact) mass is 285 g/mol. The van der Waals surface area contributed by atoms with Crippen molar-refractivity contribution in [3.8, 4) is 0 Å². The predicted molar refractivity (Wildman–Crippen MR) is 82.4 cm³/mol. The van der Waals surface area contributed by atoms with Crippen molar-refractivity contribution >= 4 is 33.5 Å². The average Bonchev–Trinajstić information content (AvgIpc) is 2.87. The molecular formula is C17H16ClNO. The largest absolute Gasteiger partial charge is 0.456 e. The smallest absolute Gasteiger partial charge is 0.140 e. The molecule has 0 radical (unpaired) electrons. The number of nitrogens with zero attached hydrogens (tertiary/aromatic N) is 1. The van der Waals surface area contributed by atoms with Gasteiger partial charge in [0.15, 0.2) is 0 Å². The first-order chi connectivity index (χ1) is 9.83. The summed E-state index contributed by atoms with van der Waals surface area (Å²) in [6.45, 7) is 0. The number of pyridine rings is 1.